The van der Waals surface area contributed by atoms with Gasteiger partial charge in [0.1, 0.15) is 11.6 Å². The van der Waals surface area contributed by atoms with Gasteiger partial charge in [-0.15, -0.1) is 0 Å². The Hall–Kier alpha value is -3.10. The summed E-state index contributed by atoms with van der Waals surface area (Å²) in [6.07, 6.45) is 4.29. The number of aliphatic hydroxyl groups excluding tert-OH is 1. The Balaban J connectivity index is 1.41. The van der Waals surface area contributed by atoms with E-state index >= 15 is 0 Å². The van der Waals surface area contributed by atoms with Crippen LogP contribution in [0.2, 0.25) is 0 Å². The normalized spacial score (nSPS) is 31.3. The van der Waals surface area contributed by atoms with E-state index in [2.05, 4.69) is 15.2 Å². The minimum absolute atomic E-state index is 0.0240. The molecular weight excluding hydrogens is 458 g/mol. The molecule has 8 heteroatoms. The first-order valence-electron chi connectivity index (χ1n) is 12.8. The van der Waals surface area contributed by atoms with E-state index in [0.29, 0.717) is 30.3 Å². The van der Waals surface area contributed by atoms with Crippen molar-refractivity contribution in [1.82, 2.24) is 9.88 Å². The lowest BCUT2D eigenvalue weighted by molar-refractivity contribution is -0.153. The largest absolute Gasteiger partial charge is 0.508 e. The zero-order valence-corrected chi connectivity index (χ0v) is 20.9. The van der Waals surface area contributed by atoms with E-state index in [1.165, 1.54) is 12.8 Å². The number of benzene rings is 1. The Morgan fingerprint density at radius 2 is 2.06 bits per heavy atom. The maximum absolute atomic E-state index is 13.1. The van der Waals surface area contributed by atoms with Gasteiger partial charge in [0.15, 0.2) is 17.6 Å². The molecule has 1 amide bonds. The van der Waals surface area contributed by atoms with E-state index in [1.54, 1.807) is 25.3 Å². The van der Waals surface area contributed by atoms with Crippen molar-refractivity contribution in [2.75, 3.05) is 18.4 Å². The first kappa shape index (κ1) is 23.3. The van der Waals surface area contributed by atoms with Crippen LogP contribution in [0.25, 0.3) is 0 Å². The highest BCUT2D eigenvalue weighted by molar-refractivity contribution is 6.03. The fourth-order valence-electron chi connectivity index (χ4n) is 6.64. The third-order valence-corrected chi connectivity index (χ3v) is 8.87. The monoisotopic (exact) mass is 491 g/mol. The minimum atomic E-state index is -1.25. The van der Waals surface area contributed by atoms with Crippen molar-refractivity contribution in [1.29, 1.82) is 0 Å². The van der Waals surface area contributed by atoms with Crippen molar-refractivity contribution >= 4 is 11.7 Å². The number of aromatic nitrogens is 1. The van der Waals surface area contributed by atoms with Gasteiger partial charge in [0.2, 0.25) is 0 Å². The molecule has 1 saturated carbocycles. The average molecular weight is 492 g/mol. The maximum atomic E-state index is 13.1. The van der Waals surface area contributed by atoms with Crippen LogP contribution in [0, 0.1) is 12.8 Å². The molecule has 4 aliphatic rings. The van der Waals surface area contributed by atoms with E-state index in [4.69, 9.17) is 4.74 Å². The number of hydrogen-bond acceptors (Lipinski definition) is 7. The number of likely N-dealkylation sites (tertiary alicyclic amines) is 1. The molecule has 6 rings (SSSR count). The van der Waals surface area contributed by atoms with Gasteiger partial charge in [-0.3, -0.25) is 9.69 Å². The minimum Gasteiger partial charge on any atom is -0.508 e. The molecule has 1 spiro atoms. The average Bonchev–Trinajstić information content (AvgIpc) is 3.58. The third kappa shape index (κ3) is 3.27. The number of carbonyl (C=O) groups excluding carboxylic acids is 1. The molecule has 2 aliphatic heterocycles. The van der Waals surface area contributed by atoms with Gasteiger partial charge in [-0.1, -0.05) is 12.1 Å². The second-order valence-corrected chi connectivity index (χ2v) is 11.2. The van der Waals surface area contributed by atoms with Gasteiger partial charge < -0.3 is 25.4 Å². The molecule has 1 aromatic carbocycles. The van der Waals surface area contributed by atoms with E-state index in [1.807, 2.05) is 26.0 Å². The number of aryl methyl sites for hydroxylation is 1. The van der Waals surface area contributed by atoms with Gasteiger partial charge >= 0.3 is 0 Å². The number of fused-ring (bicyclic) bond motifs is 1. The van der Waals surface area contributed by atoms with Gasteiger partial charge in [-0.05, 0) is 82.2 Å². The van der Waals surface area contributed by atoms with Gasteiger partial charge in [0.25, 0.3) is 5.91 Å². The lowest BCUT2D eigenvalue weighted by atomic mass is 9.53. The number of aliphatic hydroxyl groups is 2. The molecule has 190 valence electrons. The molecule has 0 unspecified atom stereocenters. The highest BCUT2D eigenvalue weighted by Crippen LogP contribution is 2.63. The highest BCUT2D eigenvalue weighted by atomic mass is 16.5. The first-order valence-corrected chi connectivity index (χ1v) is 12.8. The summed E-state index contributed by atoms with van der Waals surface area (Å²) in [6.45, 7) is 6.98. The number of nitrogens with zero attached hydrogens (tertiary/aromatic N) is 2. The number of rotatable bonds is 5. The number of phenols is 1. The maximum Gasteiger partial charge on any atom is 0.255 e. The molecule has 1 saturated heterocycles. The van der Waals surface area contributed by atoms with E-state index in [0.717, 1.165) is 29.8 Å². The lowest BCUT2D eigenvalue weighted by Gasteiger charge is -2.59. The standard InChI is InChI=1S/C28H33N3O5/c1-15-4-9-21(29-13-15)30-26(34)16(2)23(33)25-28-10-11-31(14-17-5-6-17)20(27(28,3)35)12-18-7-8-19(32)24(36-25)22(18)28/h4,7-9,13,17,20,25,32-33,35H,5-6,10-12,14H2,1-3H3,(H,29,30,34)/b23-16-/t20-,25+,27-,28+/m1/s1. The molecule has 2 aliphatic carbocycles. The molecule has 1 aromatic heterocycles. The fourth-order valence-corrected chi connectivity index (χ4v) is 6.64. The number of nitrogens with one attached hydrogen (secondary N) is 1. The second-order valence-electron chi connectivity index (χ2n) is 11.2. The lowest BCUT2D eigenvalue weighted by Crippen LogP contribution is -2.73. The van der Waals surface area contributed by atoms with Gasteiger partial charge in [0, 0.05) is 24.3 Å². The van der Waals surface area contributed by atoms with Gasteiger partial charge in [-0.25, -0.2) is 4.98 Å². The van der Waals surface area contributed by atoms with E-state index < -0.39 is 23.0 Å². The number of pyridine rings is 1. The third-order valence-electron chi connectivity index (χ3n) is 8.87. The van der Waals surface area contributed by atoms with Crippen molar-refractivity contribution in [2.24, 2.45) is 5.92 Å². The van der Waals surface area contributed by atoms with Crippen LogP contribution in [0.4, 0.5) is 5.82 Å². The van der Waals surface area contributed by atoms with Gasteiger partial charge in [-0.2, -0.15) is 0 Å². The molecule has 0 radical (unpaired) electrons. The van der Waals surface area contributed by atoms with Crippen LogP contribution in [0.3, 0.4) is 0 Å². The summed E-state index contributed by atoms with van der Waals surface area (Å²) >= 11 is 0. The van der Waals surface area contributed by atoms with Crippen molar-refractivity contribution < 1.29 is 24.9 Å². The van der Waals surface area contributed by atoms with Crippen LogP contribution < -0.4 is 10.1 Å². The van der Waals surface area contributed by atoms with Crippen LogP contribution in [0.15, 0.2) is 41.8 Å². The summed E-state index contributed by atoms with van der Waals surface area (Å²) in [5.74, 6) is 0.595. The Kier molecular flexibility index (Phi) is 5.15. The SMILES string of the molecule is C/C(C(=O)Nc1ccc(C)cn1)=C(/O)[C@@H]1Oc2c(O)ccc3c2[C@@]12CCN(CC1CC1)[C@H](C3)[C@@]2(C)O. The molecular formula is C28H33N3O5. The second kappa shape index (κ2) is 7.95. The van der Waals surface area contributed by atoms with Crippen LogP contribution in [-0.2, 0) is 16.6 Å². The molecule has 8 nitrogen and oxygen atoms in total. The molecule has 4 atom stereocenters. The van der Waals surface area contributed by atoms with Crippen molar-refractivity contribution in [2.45, 2.75) is 69.6 Å². The number of anilines is 1. The molecule has 2 fully saturated rings. The summed E-state index contributed by atoms with van der Waals surface area (Å²) in [4.78, 5) is 19.7. The zero-order chi connectivity index (χ0) is 25.4. The Morgan fingerprint density at radius 1 is 1.28 bits per heavy atom. The number of hydrogen-bond donors (Lipinski definition) is 4. The Labute approximate surface area is 210 Å². The van der Waals surface area contributed by atoms with E-state index in [9.17, 15) is 20.1 Å². The topological polar surface area (TPSA) is 115 Å². The number of ether oxygens (including phenoxy) is 1. The van der Waals surface area contributed by atoms with Crippen LogP contribution >= 0.6 is 0 Å². The Bertz CT molecular complexity index is 1270. The number of aromatic hydroxyl groups is 1. The molecule has 4 N–H and O–H groups in total. The smallest absolute Gasteiger partial charge is 0.255 e. The fraction of sp³-hybridized carbons (Fsp3) is 0.500. The molecule has 2 bridgehead atoms. The van der Waals surface area contributed by atoms with Crippen molar-refractivity contribution in [3.05, 3.63) is 58.5 Å². The predicted octanol–water partition coefficient (Wildman–Crippen LogP) is 3.36. The van der Waals surface area contributed by atoms with E-state index in [-0.39, 0.29) is 23.1 Å². The van der Waals surface area contributed by atoms with Crippen LogP contribution in [-0.4, -0.2) is 61.9 Å². The quantitative estimate of drug-likeness (QED) is 0.375. The zero-order valence-electron chi connectivity index (χ0n) is 20.9. The summed E-state index contributed by atoms with van der Waals surface area (Å²) in [6, 6.07) is 6.92. The van der Waals surface area contributed by atoms with Crippen LogP contribution in [0.1, 0.15) is 49.8 Å². The van der Waals surface area contributed by atoms with Gasteiger partial charge in [0.05, 0.1) is 16.6 Å². The number of carbonyl (C=O) groups is 1. The summed E-state index contributed by atoms with van der Waals surface area (Å²) in [7, 11) is 0. The van der Waals surface area contributed by atoms with Crippen LogP contribution in [0.5, 0.6) is 11.5 Å². The summed E-state index contributed by atoms with van der Waals surface area (Å²) in [5, 5.41) is 37.2. The first-order chi connectivity index (χ1) is 17.1. The van der Waals surface area contributed by atoms with Crippen molar-refractivity contribution in [3.8, 4) is 11.5 Å². The predicted molar refractivity (Wildman–Crippen MR) is 134 cm³/mol. The molecule has 36 heavy (non-hydrogen) atoms. The highest BCUT2D eigenvalue weighted by Gasteiger charge is 2.69. The summed E-state index contributed by atoms with van der Waals surface area (Å²) < 4.78 is 6.27. The van der Waals surface area contributed by atoms with Crippen molar-refractivity contribution in [3.63, 3.8) is 0 Å². The number of phenolic OH excluding ortho intramolecular Hbond substituents is 1. The molecule has 3 heterocycles. The molecule has 2 aromatic rings. The number of amides is 1. The number of piperidine rings is 1. The summed E-state index contributed by atoms with van der Waals surface area (Å²) in [5.41, 5.74) is 0.592. The Morgan fingerprint density at radius 3 is 2.75 bits per heavy atom.